The van der Waals surface area contributed by atoms with E-state index in [1.807, 2.05) is 46.1 Å². The Kier molecular flexibility index (Phi) is 15.0. The quantitative estimate of drug-likeness (QED) is 0.163. The van der Waals surface area contributed by atoms with Gasteiger partial charge in [-0.1, -0.05) is 60.1 Å². The predicted octanol–water partition coefficient (Wildman–Crippen LogP) is 7.66. The number of carbonyl (C=O) groups excluding carboxylic acids is 2. The van der Waals surface area contributed by atoms with Crippen LogP contribution in [-0.4, -0.2) is 60.2 Å². The van der Waals surface area contributed by atoms with Gasteiger partial charge in [0.25, 0.3) is 0 Å². The summed E-state index contributed by atoms with van der Waals surface area (Å²) < 4.78 is 13.1. The van der Waals surface area contributed by atoms with Crippen molar-refractivity contribution in [1.82, 2.24) is 4.98 Å². The van der Waals surface area contributed by atoms with Crippen LogP contribution >= 0.6 is 11.3 Å². The lowest BCUT2D eigenvalue weighted by Crippen LogP contribution is -2.51. The molecule has 2 heterocycles. The molecule has 0 aliphatic carbocycles. The van der Waals surface area contributed by atoms with Crippen molar-refractivity contribution in [3.8, 4) is 0 Å². The zero-order chi connectivity index (χ0) is 32.4. The topological polar surface area (TPSA) is 106 Å². The summed E-state index contributed by atoms with van der Waals surface area (Å²) in [6.07, 6.45) is 5.43. The summed E-state index contributed by atoms with van der Waals surface area (Å²) in [6.45, 7) is 17.9. The molecule has 2 N–H and O–H groups in total. The largest absolute Gasteiger partial charge is 0.457 e. The summed E-state index contributed by atoms with van der Waals surface area (Å²) in [7, 11) is -2.21. The van der Waals surface area contributed by atoms with Crippen LogP contribution in [0.1, 0.15) is 105 Å². The number of aliphatic hydroxyl groups is 2. The second-order valence-electron chi connectivity index (χ2n) is 13.0. The molecule has 9 heteroatoms. The summed E-state index contributed by atoms with van der Waals surface area (Å²) in [6, 6.07) is 2.67. The number of ketones is 1. The van der Waals surface area contributed by atoms with Crippen LogP contribution in [0.25, 0.3) is 6.08 Å². The molecule has 7 nitrogen and oxygen atoms in total. The molecule has 244 valence electrons. The first kappa shape index (κ1) is 37.5. The van der Waals surface area contributed by atoms with Gasteiger partial charge in [-0.2, -0.15) is 0 Å². The van der Waals surface area contributed by atoms with Crippen LogP contribution in [0.4, 0.5) is 0 Å². The second-order valence-corrected chi connectivity index (χ2v) is 18.8. The van der Waals surface area contributed by atoms with Crippen LogP contribution in [-0.2, 0) is 18.8 Å². The van der Waals surface area contributed by atoms with Crippen molar-refractivity contribution in [2.24, 2.45) is 17.3 Å². The van der Waals surface area contributed by atoms with Gasteiger partial charge in [-0.15, -0.1) is 11.3 Å². The monoisotopic (exact) mass is 635 g/mol. The molecule has 0 radical (unpaired) electrons. The minimum absolute atomic E-state index is 0.0406. The molecule has 1 aliphatic heterocycles. The van der Waals surface area contributed by atoms with E-state index in [1.54, 1.807) is 18.3 Å². The van der Waals surface area contributed by atoms with E-state index in [9.17, 15) is 19.8 Å². The number of aryl methyl sites for hydroxylation is 1. The first-order valence-corrected chi connectivity index (χ1v) is 19.6. The van der Waals surface area contributed by atoms with Gasteiger partial charge in [-0.25, -0.2) is 4.98 Å². The fourth-order valence-corrected chi connectivity index (χ4v) is 9.72. The van der Waals surface area contributed by atoms with Crippen molar-refractivity contribution in [3.63, 3.8) is 0 Å². The Morgan fingerprint density at radius 1 is 1.21 bits per heavy atom. The number of carbonyl (C=O) groups is 2. The molecule has 5 atom stereocenters. The van der Waals surface area contributed by atoms with Crippen LogP contribution in [0, 0.1) is 24.2 Å². The van der Waals surface area contributed by atoms with Crippen LogP contribution in [0.15, 0.2) is 22.6 Å². The van der Waals surface area contributed by atoms with Gasteiger partial charge in [0.1, 0.15) is 11.9 Å². The van der Waals surface area contributed by atoms with Gasteiger partial charge in [0.05, 0.1) is 29.3 Å². The Labute approximate surface area is 265 Å². The standard InChI is InChI=1S/C34H57NO6SSi/c1-10-43(11-2,12-3)41-30-21-31(37)40-29(24(5)20-28-22-42-26(7)35-28)17-16-27(18-19-36)15-13-14-23(4)32(38)25(6)33(39)34(30,8)9/h16,20,22-23,25,29-30,32,36,38H,10-15,17-19,21H2,1-9H3/b24-20+,27-16+/t23-,25+,29-,30-,32-/m0/s1. The molecule has 0 fully saturated rings. The van der Waals surface area contributed by atoms with Crippen molar-refractivity contribution in [2.45, 2.75) is 137 Å². The summed E-state index contributed by atoms with van der Waals surface area (Å²) in [4.78, 5) is 32.4. The van der Waals surface area contributed by atoms with Gasteiger partial charge >= 0.3 is 5.97 Å². The Morgan fingerprint density at radius 3 is 2.42 bits per heavy atom. The third-order valence-electron chi connectivity index (χ3n) is 9.63. The van der Waals surface area contributed by atoms with Crippen molar-refractivity contribution in [1.29, 1.82) is 0 Å². The van der Waals surface area contributed by atoms with Gasteiger partial charge in [-0.05, 0) is 75.2 Å². The molecule has 0 spiro atoms. The van der Waals surface area contributed by atoms with Gasteiger partial charge in [0.2, 0.25) is 0 Å². The predicted molar refractivity (Wildman–Crippen MR) is 178 cm³/mol. The number of hydrogen-bond acceptors (Lipinski definition) is 8. The maximum absolute atomic E-state index is 14.1. The number of aliphatic hydroxyl groups excluding tert-OH is 2. The highest BCUT2D eigenvalue weighted by atomic mass is 32.1. The van der Waals surface area contributed by atoms with Crippen LogP contribution in [0.3, 0.4) is 0 Å². The van der Waals surface area contributed by atoms with Crippen molar-refractivity contribution in [3.05, 3.63) is 33.3 Å². The van der Waals surface area contributed by atoms with Crippen LogP contribution < -0.4 is 0 Å². The lowest BCUT2D eigenvalue weighted by atomic mass is 9.73. The minimum atomic E-state index is -2.21. The molecule has 0 saturated heterocycles. The Hall–Kier alpha value is -1.65. The average Bonchev–Trinajstić information content (AvgIpc) is 3.39. The van der Waals surface area contributed by atoms with E-state index in [0.717, 1.165) is 59.2 Å². The van der Waals surface area contributed by atoms with Crippen molar-refractivity contribution < 1.29 is 29.0 Å². The number of nitrogens with zero attached hydrogens (tertiary/aromatic N) is 1. The summed E-state index contributed by atoms with van der Waals surface area (Å²) in [5, 5.41) is 23.9. The zero-order valence-corrected chi connectivity index (χ0v) is 29.9. The van der Waals surface area contributed by atoms with Gasteiger partial charge in [0.15, 0.2) is 8.32 Å². The number of Topliss-reactive ketones (excluding diaryl/α,β-unsaturated/α-hetero) is 1. The van der Waals surface area contributed by atoms with Crippen molar-refractivity contribution in [2.75, 3.05) is 6.61 Å². The maximum Gasteiger partial charge on any atom is 0.309 e. The SMILES string of the molecule is CC[Si](CC)(CC)O[C@H]1CC(=O)O[C@H](/C(C)=C/c2csc(C)n2)C/C=C(/CCO)CCC[C@H](C)[C@H](O)[C@@H](C)C(=O)C1(C)C. The zero-order valence-electron chi connectivity index (χ0n) is 28.1. The molecular formula is C34H57NO6SSi. The van der Waals surface area contributed by atoms with Crippen molar-refractivity contribution >= 4 is 37.5 Å². The molecule has 0 aromatic carbocycles. The lowest BCUT2D eigenvalue weighted by molar-refractivity contribution is -0.153. The molecule has 43 heavy (non-hydrogen) atoms. The summed E-state index contributed by atoms with van der Waals surface area (Å²) in [5.74, 6) is -1.17. The number of thiazole rings is 1. The number of rotatable bonds is 9. The molecular weight excluding hydrogens is 579 g/mol. The second kappa shape index (κ2) is 17.2. The molecule has 0 bridgehead atoms. The molecule has 1 aromatic heterocycles. The van der Waals surface area contributed by atoms with E-state index < -0.39 is 43.9 Å². The average molecular weight is 636 g/mol. The van der Waals surface area contributed by atoms with E-state index in [2.05, 4.69) is 31.8 Å². The molecule has 0 amide bonds. The van der Waals surface area contributed by atoms with Crippen LogP contribution in [0.2, 0.25) is 18.1 Å². The smallest absolute Gasteiger partial charge is 0.309 e. The first-order chi connectivity index (χ1) is 20.2. The normalized spacial score (nSPS) is 28.3. The number of ether oxygens (including phenoxy) is 1. The van der Waals surface area contributed by atoms with E-state index in [-0.39, 0.29) is 24.7 Å². The van der Waals surface area contributed by atoms with Gasteiger partial charge in [-0.3, -0.25) is 9.59 Å². The summed E-state index contributed by atoms with van der Waals surface area (Å²) >= 11 is 1.57. The first-order valence-electron chi connectivity index (χ1n) is 16.2. The number of aromatic nitrogens is 1. The lowest BCUT2D eigenvalue weighted by Gasteiger charge is -2.42. The highest BCUT2D eigenvalue weighted by Crippen LogP contribution is 2.37. The van der Waals surface area contributed by atoms with E-state index in [1.165, 1.54) is 0 Å². The van der Waals surface area contributed by atoms with Crippen LogP contribution in [0.5, 0.6) is 0 Å². The summed E-state index contributed by atoms with van der Waals surface area (Å²) in [5.41, 5.74) is 1.82. The fourth-order valence-electron chi connectivity index (χ4n) is 6.17. The van der Waals surface area contributed by atoms with Gasteiger partial charge in [0, 0.05) is 29.7 Å². The Balaban J connectivity index is 2.58. The number of cyclic esters (lactones) is 1. The van der Waals surface area contributed by atoms with E-state index in [4.69, 9.17) is 9.16 Å². The maximum atomic E-state index is 14.1. The minimum Gasteiger partial charge on any atom is -0.457 e. The molecule has 2 rings (SSSR count). The van der Waals surface area contributed by atoms with Gasteiger partial charge < -0.3 is 19.4 Å². The third-order valence-corrected chi connectivity index (χ3v) is 15.1. The number of hydrogen-bond donors (Lipinski definition) is 2. The van der Waals surface area contributed by atoms with E-state index in [0.29, 0.717) is 12.8 Å². The third kappa shape index (κ3) is 10.5. The Bertz CT molecular complexity index is 1100. The van der Waals surface area contributed by atoms with E-state index >= 15 is 0 Å². The molecule has 1 aliphatic rings. The highest BCUT2D eigenvalue weighted by molar-refractivity contribution is 7.09. The number of esters is 1. The molecule has 0 saturated carbocycles. The Morgan fingerprint density at radius 2 is 1.86 bits per heavy atom. The highest BCUT2D eigenvalue weighted by Gasteiger charge is 2.46. The molecule has 0 unspecified atom stereocenters. The fraction of sp³-hybridized carbons (Fsp3) is 0.735. The molecule has 1 aromatic rings.